The van der Waals surface area contributed by atoms with E-state index in [-0.39, 0.29) is 29.7 Å². The van der Waals surface area contributed by atoms with Crippen LogP contribution in [0.3, 0.4) is 0 Å². The minimum absolute atomic E-state index is 0.104. The van der Waals surface area contributed by atoms with Gasteiger partial charge in [0.2, 0.25) is 0 Å². The highest BCUT2D eigenvalue weighted by Gasteiger charge is 2.37. The summed E-state index contributed by atoms with van der Waals surface area (Å²) >= 11 is 0. The third-order valence-corrected chi connectivity index (χ3v) is 14.6. The molecule has 0 N–H and O–H groups in total. The Hall–Kier alpha value is -0.706. The second kappa shape index (κ2) is 10.2. The first kappa shape index (κ1) is 26.3. The lowest BCUT2D eigenvalue weighted by molar-refractivity contribution is -0.155. The Labute approximate surface area is 167 Å². The number of hydrogen-bond acceptors (Lipinski definition) is 6. The van der Waals surface area contributed by atoms with Crippen LogP contribution in [-0.4, -0.2) is 55.0 Å². The molecule has 0 heterocycles. The van der Waals surface area contributed by atoms with Crippen LogP contribution >= 0.6 is 0 Å². The van der Waals surface area contributed by atoms with Gasteiger partial charge in [-0.1, -0.05) is 41.5 Å². The van der Waals surface area contributed by atoms with Crippen molar-refractivity contribution >= 4 is 28.6 Å². The molecule has 0 aromatic heterocycles. The van der Waals surface area contributed by atoms with Gasteiger partial charge in [0.1, 0.15) is 19.6 Å². The third kappa shape index (κ3) is 9.87. The van der Waals surface area contributed by atoms with E-state index in [9.17, 15) is 9.59 Å². The van der Waals surface area contributed by atoms with Gasteiger partial charge < -0.3 is 18.3 Å². The van der Waals surface area contributed by atoms with Gasteiger partial charge in [-0.25, -0.2) is 0 Å². The van der Waals surface area contributed by atoms with Gasteiger partial charge in [0, 0.05) is 0 Å². The van der Waals surface area contributed by atoms with Crippen molar-refractivity contribution in [2.24, 2.45) is 0 Å². The van der Waals surface area contributed by atoms with Crippen LogP contribution in [0.4, 0.5) is 0 Å². The van der Waals surface area contributed by atoms with Crippen molar-refractivity contribution in [3.8, 4) is 0 Å². The van der Waals surface area contributed by atoms with E-state index in [0.717, 1.165) is 0 Å². The number of ether oxygens (including phenoxy) is 2. The summed E-state index contributed by atoms with van der Waals surface area (Å²) in [5.74, 6) is -1.19. The molecule has 160 valence electrons. The Bertz CT molecular complexity index is 445. The number of carbonyl (C=O) groups excluding carboxylic acids is 2. The molecule has 0 amide bonds. The summed E-state index contributed by atoms with van der Waals surface area (Å²) in [6.45, 7) is 22.4. The molecule has 0 radical (unpaired) electrons. The highest BCUT2D eigenvalue weighted by atomic mass is 28.4. The second-order valence-corrected chi connectivity index (χ2v) is 19.5. The van der Waals surface area contributed by atoms with Crippen LogP contribution in [0.2, 0.25) is 36.3 Å². The van der Waals surface area contributed by atoms with Crippen molar-refractivity contribution in [3.63, 3.8) is 0 Å². The first-order chi connectivity index (χ1) is 12.0. The maximum atomic E-state index is 11.7. The smallest absolute Gasteiger partial charge is 0.317 e. The summed E-state index contributed by atoms with van der Waals surface area (Å²) in [6, 6.07) is 0. The van der Waals surface area contributed by atoms with E-state index in [1.807, 2.05) is 0 Å². The quantitative estimate of drug-likeness (QED) is 0.224. The summed E-state index contributed by atoms with van der Waals surface area (Å²) in [4.78, 5) is 23.4. The SMILES string of the molecule is CC(C)(C)[Si](C)(C)OCCOC(=O)CC(=O)OCCO[Si](C)(C)C(C)(C)C. The molecule has 8 heteroatoms. The Kier molecular flexibility index (Phi) is 9.91. The summed E-state index contributed by atoms with van der Waals surface area (Å²) in [5.41, 5.74) is 0. The van der Waals surface area contributed by atoms with Crippen molar-refractivity contribution < 1.29 is 27.9 Å². The van der Waals surface area contributed by atoms with Gasteiger partial charge in [-0.05, 0) is 36.3 Å². The summed E-state index contributed by atoms with van der Waals surface area (Å²) in [7, 11) is -3.71. The van der Waals surface area contributed by atoms with Crippen molar-refractivity contribution in [1.82, 2.24) is 0 Å². The lowest BCUT2D eigenvalue weighted by atomic mass is 10.2. The monoisotopic (exact) mass is 420 g/mol. The van der Waals surface area contributed by atoms with E-state index in [1.165, 1.54) is 0 Å². The van der Waals surface area contributed by atoms with Crippen molar-refractivity contribution in [3.05, 3.63) is 0 Å². The lowest BCUT2D eigenvalue weighted by Gasteiger charge is -2.36. The Morgan fingerprint density at radius 3 is 1.19 bits per heavy atom. The molecule has 27 heavy (non-hydrogen) atoms. The topological polar surface area (TPSA) is 71.1 Å². The number of carbonyl (C=O) groups is 2. The summed E-state index contributed by atoms with van der Waals surface area (Å²) in [5, 5.41) is 0.209. The molecular formula is C19H40O6Si2. The Balaban J connectivity index is 3.99. The van der Waals surface area contributed by atoms with E-state index in [1.54, 1.807) is 0 Å². The predicted octanol–water partition coefficient (Wildman–Crippen LogP) is 4.51. The van der Waals surface area contributed by atoms with Crippen molar-refractivity contribution in [2.75, 3.05) is 26.4 Å². The van der Waals surface area contributed by atoms with Gasteiger partial charge in [0.15, 0.2) is 16.6 Å². The number of esters is 2. The van der Waals surface area contributed by atoms with Crippen molar-refractivity contribution in [2.45, 2.75) is 84.2 Å². The van der Waals surface area contributed by atoms with Gasteiger partial charge in [-0.3, -0.25) is 9.59 Å². The second-order valence-electron chi connectivity index (χ2n) is 9.84. The van der Waals surface area contributed by atoms with Crippen LogP contribution in [0.1, 0.15) is 48.0 Å². The highest BCUT2D eigenvalue weighted by Crippen LogP contribution is 2.37. The molecule has 0 aromatic rings. The van der Waals surface area contributed by atoms with Gasteiger partial charge in [-0.15, -0.1) is 0 Å². The first-order valence-corrected chi connectivity index (χ1v) is 15.4. The first-order valence-electron chi connectivity index (χ1n) is 9.59. The fourth-order valence-electron chi connectivity index (χ4n) is 1.56. The molecule has 0 rings (SSSR count). The Morgan fingerprint density at radius 1 is 0.630 bits per heavy atom. The zero-order chi connectivity index (χ0) is 21.5. The van der Waals surface area contributed by atoms with Crippen LogP contribution in [-0.2, 0) is 27.9 Å². The molecule has 0 aliphatic heterocycles. The van der Waals surface area contributed by atoms with E-state index in [2.05, 4.69) is 67.7 Å². The minimum atomic E-state index is -1.85. The van der Waals surface area contributed by atoms with E-state index < -0.39 is 28.6 Å². The molecule has 0 unspecified atom stereocenters. The molecule has 0 fully saturated rings. The van der Waals surface area contributed by atoms with Crippen LogP contribution in [0, 0.1) is 0 Å². The maximum Gasteiger partial charge on any atom is 0.317 e. The van der Waals surface area contributed by atoms with Gasteiger partial charge in [0.05, 0.1) is 13.2 Å². The number of rotatable bonds is 10. The summed E-state index contributed by atoms with van der Waals surface area (Å²) in [6.07, 6.45) is -0.389. The molecule has 6 nitrogen and oxygen atoms in total. The van der Waals surface area contributed by atoms with Crippen LogP contribution in [0.15, 0.2) is 0 Å². The summed E-state index contributed by atoms with van der Waals surface area (Å²) < 4.78 is 22.0. The molecule has 0 aliphatic rings. The van der Waals surface area contributed by atoms with Crippen molar-refractivity contribution in [1.29, 1.82) is 0 Å². The fourth-order valence-corrected chi connectivity index (χ4v) is 3.61. The molecule has 0 aromatic carbocycles. The maximum absolute atomic E-state index is 11.7. The van der Waals surface area contributed by atoms with E-state index >= 15 is 0 Å². The molecule has 0 saturated carbocycles. The van der Waals surface area contributed by atoms with E-state index in [0.29, 0.717) is 13.2 Å². The van der Waals surface area contributed by atoms with Crippen LogP contribution < -0.4 is 0 Å². The van der Waals surface area contributed by atoms with Gasteiger partial charge >= 0.3 is 11.9 Å². The van der Waals surface area contributed by atoms with Crippen LogP contribution in [0.25, 0.3) is 0 Å². The normalized spacial score (nSPS) is 13.4. The zero-order valence-electron chi connectivity index (χ0n) is 19.0. The Morgan fingerprint density at radius 2 is 0.926 bits per heavy atom. The molecule has 0 saturated heterocycles. The minimum Gasteiger partial charge on any atom is -0.463 e. The van der Waals surface area contributed by atoms with Gasteiger partial charge in [0.25, 0.3) is 0 Å². The molecular weight excluding hydrogens is 380 g/mol. The molecule has 0 aliphatic carbocycles. The van der Waals surface area contributed by atoms with E-state index in [4.69, 9.17) is 18.3 Å². The predicted molar refractivity (Wildman–Crippen MR) is 113 cm³/mol. The molecule has 0 spiro atoms. The standard InChI is InChI=1S/C19H40O6Si2/c1-18(2,3)26(7,8)24-13-11-22-16(20)15-17(21)23-12-14-25-27(9,10)19(4,5)6/h11-15H2,1-10H3. The average Bonchev–Trinajstić information content (AvgIpc) is 2.46. The molecule has 0 bridgehead atoms. The van der Waals surface area contributed by atoms with Gasteiger partial charge in [-0.2, -0.15) is 0 Å². The van der Waals surface area contributed by atoms with Crippen LogP contribution in [0.5, 0.6) is 0 Å². The largest absolute Gasteiger partial charge is 0.463 e. The number of hydrogen-bond donors (Lipinski definition) is 0. The lowest BCUT2D eigenvalue weighted by Crippen LogP contribution is -2.41. The fraction of sp³-hybridized carbons (Fsp3) is 0.895. The highest BCUT2D eigenvalue weighted by molar-refractivity contribution is 6.74. The zero-order valence-corrected chi connectivity index (χ0v) is 21.0. The molecule has 0 atom stereocenters. The average molecular weight is 421 g/mol. The third-order valence-electron chi connectivity index (χ3n) is 5.52.